The monoisotopic (exact) mass is 375 g/mol. The van der Waals surface area contributed by atoms with E-state index in [1.54, 1.807) is 11.3 Å². The molecule has 0 unspecified atom stereocenters. The molecule has 26 heavy (non-hydrogen) atoms. The molecule has 7 nitrogen and oxygen atoms in total. The fourth-order valence-corrected chi connectivity index (χ4v) is 4.27. The predicted molar refractivity (Wildman–Crippen MR) is 99.9 cm³/mol. The van der Waals surface area contributed by atoms with Gasteiger partial charge in [-0.3, -0.25) is 14.6 Å². The van der Waals surface area contributed by atoms with Gasteiger partial charge < -0.3 is 9.32 Å². The highest BCUT2D eigenvalue weighted by Crippen LogP contribution is 2.27. The highest BCUT2D eigenvalue weighted by atomic mass is 32.1. The first-order valence-corrected chi connectivity index (χ1v) is 10.2. The van der Waals surface area contributed by atoms with Crippen molar-refractivity contribution in [2.45, 2.75) is 25.8 Å². The minimum Gasteiger partial charge on any atom is -0.418 e. The number of hydrogen-bond donors (Lipinski definition) is 0. The smallest absolute Gasteiger partial charge is 0.257 e. The summed E-state index contributed by atoms with van der Waals surface area (Å²) in [5, 5.41) is 10.4. The molecule has 2 aliphatic heterocycles. The number of carbonyl (C=O) groups excluding carboxylic acids is 1. The lowest BCUT2D eigenvalue weighted by molar-refractivity contribution is -0.131. The number of thiophene rings is 1. The Bertz CT molecular complexity index is 718. The zero-order chi connectivity index (χ0) is 17.9. The van der Waals surface area contributed by atoms with E-state index in [1.807, 2.05) is 22.4 Å². The molecule has 0 bridgehead atoms. The highest BCUT2D eigenvalue weighted by molar-refractivity contribution is 7.13. The van der Waals surface area contributed by atoms with Crippen LogP contribution in [0.2, 0.25) is 0 Å². The molecule has 0 saturated carbocycles. The molecule has 8 heteroatoms. The molecular weight excluding hydrogens is 350 g/mol. The van der Waals surface area contributed by atoms with Gasteiger partial charge >= 0.3 is 0 Å². The van der Waals surface area contributed by atoms with E-state index in [0.717, 1.165) is 57.0 Å². The quantitative estimate of drug-likeness (QED) is 0.797. The first-order chi connectivity index (χ1) is 12.7. The Balaban J connectivity index is 1.29. The number of amides is 1. The van der Waals surface area contributed by atoms with Gasteiger partial charge in [-0.05, 0) is 31.2 Å². The number of likely N-dealkylation sites (tertiary alicyclic amines) is 1. The molecule has 2 saturated heterocycles. The molecule has 2 aromatic heterocycles. The summed E-state index contributed by atoms with van der Waals surface area (Å²) in [7, 11) is 0. The molecular formula is C18H25N5O2S. The lowest BCUT2D eigenvalue weighted by atomic mass is 10.2. The van der Waals surface area contributed by atoms with Crippen LogP contribution < -0.4 is 0 Å². The second-order valence-electron chi connectivity index (χ2n) is 7.00. The van der Waals surface area contributed by atoms with Gasteiger partial charge in [0.1, 0.15) is 0 Å². The van der Waals surface area contributed by atoms with E-state index < -0.39 is 0 Å². The van der Waals surface area contributed by atoms with E-state index in [9.17, 15) is 4.79 Å². The van der Waals surface area contributed by atoms with E-state index >= 15 is 0 Å². The highest BCUT2D eigenvalue weighted by Gasteiger charge is 2.28. The van der Waals surface area contributed by atoms with Gasteiger partial charge in [-0.2, -0.15) is 0 Å². The minimum absolute atomic E-state index is 0.0904. The zero-order valence-corrected chi connectivity index (χ0v) is 16.0. The molecule has 4 rings (SSSR count). The summed E-state index contributed by atoms with van der Waals surface area (Å²) in [6.45, 7) is 8.13. The topological polar surface area (TPSA) is 65.7 Å². The molecule has 0 aliphatic carbocycles. The first kappa shape index (κ1) is 17.6. The summed E-state index contributed by atoms with van der Waals surface area (Å²) in [4.78, 5) is 19.9. The van der Waals surface area contributed by atoms with Crippen LogP contribution in [-0.4, -0.2) is 76.6 Å². The molecule has 140 valence electrons. The summed E-state index contributed by atoms with van der Waals surface area (Å²) in [5.74, 6) is 1.54. The molecule has 0 N–H and O–H groups in total. The molecule has 4 heterocycles. The maximum absolute atomic E-state index is 12.3. The number of rotatable bonds is 5. The lowest BCUT2D eigenvalue weighted by Crippen LogP contribution is -2.50. The van der Waals surface area contributed by atoms with E-state index in [4.69, 9.17) is 4.42 Å². The SMILES string of the molecule is C[C@H](c1nnc(-c2cccs2)o1)N1CCN(CC(=O)N2CCCC2)CC1. The fraction of sp³-hybridized carbons (Fsp3) is 0.611. The number of piperazine rings is 1. The lowest BCUT2D eigenvalue weighted by Gasteiger charge is -2.37. The molecule has 1 amide bonds. The Kier molecular flexibility index (Phi) is 5.33. The van der Waals surface area contributed by atoms with Crippen molar-refractivity contribution in [2.75, 3.05) is 45.8 Å². The third kappa shape index (κ3) is 3.82. The van der Waals surface area contributed by atoms with Crippen molar-refractivity contribution in [1.82, 2.24) is 24.9 Å². The van der Waals surface area contributed by atoms with E-state index in [0.29, 0.717) is 18.3 Å². The van der Waals surface area contributed by atoms with Crippen molar-refractivity contribution in [1.29, 1.82) is 0 Å². The largest absolute Gasteiger partial charge is 0.418 e. The van der Waals surface area contributed by atoms with Crippen molar-refractivity contribution >= 4 is 17.2 Å². The number of aromatic nitrogens is 2. The number of hydrogen-bond acceptors (Lipinski definition) is 7. The van der Waals surface area contributed by atoms with Gasteiger partial charge in [0, 0.05) is 39.3 Å². The first-order valence-electron chi connectivity index (χ1n) is 9.32. The zero-order valence-electron chi connectivity index (χ0n) is 15.1. The summed E-state index contributed by atoms with van der Waals surface area (Å²) in [6.07, 6.45) is 2.29. The maximum Gasteiger partial charge on any atom is 0.257 e. The standard InChI is InChI=1S/C18H25N5O2S/c1-14(17-19-20-18(25-17)15-5-4-12-26-15)22-10-8-21(9-11-22)13-16(24)23-6-2-3-7-23/h4-5,12,14H,2-3,6-11,13H2,1H3/t14-/m1/s1. The Morgan fingerprint density at radius 1 is 1.19 bits per heavy atom. The second kappa shape index (κ2) is 7.85. The predicted octanol–water partition coefficient (Wildman–Crippen LogP) is 2.10. The van der Waals surface area contributed by atoms with Crippen molar-refractivity contribution in [3.05, 3.63) is 23.4 Å². The van der Waals surface area contributed by atoms with Gasteiger partial charge in [-0.15, -0.1) is 21.5 Å². The second-order valence-corrected chi connectivity index (χ2v) is 7.95. The van der Waals surface area contributed by atoms with Crippen molar-refractivity contribution in [3.8, 4) is 10.8 Å². The van der Waals surface area contributed by atoms with Crippen molar-refractivity contribution in [2.24, 2.45) is 0 Å². The summed E-state index contributed by atoms with van der Waals surface area (Å²) in [5.41, 5.74) is 0. The molecule has 0 aromatic carbocycles. The van der Waals surface area contributed by atoms with Crippen LogP contribution in [0.5, 0.6) is 0 Å². The third-order valence-electron chi connectivity index (χ3n) is 5.30. The summed E-state index contributed by atoms with van der Waals surface area (Å²) < 4.78 is 5.87. The van der Waals surface area contributed by atoms with Gasteiger partial charge in [0.25, 0.3) is 5.89 Å². The van der Waals surface area contributed by atoms with Crippen LogP contribution in [-0.2, 0) is 4.79 Å². The molecule has 0 spiro atoms. The Labute approximate surface area is 157 Å². The molecule has 0 radical (unpaired) electrons. The normalized spacial score (nSPS) is 20.6. The van der Waals surface area contributed by atoms with Gasteiger partial charge in [0.2, 0.25) is 11.8 Å². The third-order valence-corrected chi connectivity index (χ3v) is 6.16. The van der Waals surface area contributed by atoms with Crippen LogP contribution in [0.15, 0.2) is 21.9 Å². The Hall–Kier alpha value is -1.77. The van der Waals surface area contributed by atoms with Crippen LogP contribution in [0.1, 0.15) is 31.7 Å². The fourth-order valence-electron chi connectivity index (χ4n) is 3.63. The van der Waals surface area contributed by atoms with E-state index in [2.05, 4.69) is 26.9 Å². The van der Waals surface area contributed by atoms with Gasteiger partial charge in [-0.1, -0.05) is 6.07 Å². The number of nitrogens with zero attached hydrogens (tertiary/aromatic N) is 5. The maximum atomic E-state index is 12.3. The summed E-state index contributed by atoms with van der Waals surface area (Å²) >= 11 is 1.60. The van der Waals surface area contributed by atoms with Crippen LogP contribution in [0, 0.1) is 0 Å². The van der Waals surface area contributed by atoms with Gasteiger partial charge in [0.05, 0.1) is 17.5 Å². The number of carbonyl (C=O) groups is 1. The average Bonchev–Trinajstić information content (AvgIpc) is 3.43. The molecule has 2 aliphatic rings. The Morgan fingerprint density at radius 2 is 1.96 bits per heavy atom. The molecule has 1 atom stereocenters. The van der Waals surface area contributed by atoms with E-state index in [1.165, 1.54) is 0 Å². The van der Waals surface area contributed by atoms with E-state index in [-0.39, 0.29) is 11.9 Å². The van der Waals surface area contributed by atoms with Gasteiger partial charge in [0.15, 0.2) is 0 Å². The summed E-state index contributed by atoms with van der Waals surface area (Å²) in [6, 6.07) is 4.06. The minimum atomic E-state index is 0.0904. The molecule has 2 fully saturated rings. The van der Waals surface area contributed by atoms with Crippen LogP contribution >= 0.6 is 11.3 Å². The van der Waals surface area contributed by atoms with Crippen LogP contribution in [0.4, 0.5) is 0 Å². The average molecular weight is 375 g/mol. The molecule has 2 aromatic rings. The van der Waals surface area contributed by atoms with Gasteiger partial charge in [-0.25, -0.2) is 0 Å². The Morgan fingerprint density at radius 3 is 2.65 bits per heavy atom. The van der Waals surface area contributed by atoms with Crippen LogP contribution in [0.3, 0.4) is 0 Å². The van der Waals surface area contributed by atoms with Crippen LogP contribution in [0.25, 0.3) is 10.8 Å². The van der Waals surface area contributed by atoms with Crippen molar-refractivity contribution in [3.63, 3.8) is 0 Å². The van der Waals surface area contributed by atoms with Crippen molar-refractivity contribution < 1.29 is 9.21 Å².